The van der Waals surface area contributed by atoms with Crippen molar-refractivity contribution in [2.75, 3.05) is 19.6 Å². The summed E-state index contributed by atoms with van der Waals surface area (Å²) < 4.78 is 1.82. The molecule has 5 nitrogen and oxygen atoms in total. The van der Waals surface area contributed by atoms with Gasteiger partial charge in [0.15, 0.2) is 5.78 Å². The number of nitrogens with zero attached hydrogens (tertiary/aromatic N) is 3. The largest absolute Gasteiger partial charge is 0.384 e. The SMILES string of the molecule is O=C(/C=C/c1c(-c2ccccc2)nn2ccccc12)C(O)CN1CCCCC1. The highest BCUT2D eigenvalue weighted by atomic mass is 16.3. The standard InChI is InChI=1S/C23H25N3O2/c27-21(22(28)17-25-14-6-2-7-15-25)13-12-19-20-11-5-8-16-26(20)24-23(19)18-9-3-1-4-10-18/h1,3-5,8-13,16,22,28H,2,6-7,14-15,17H2/b13-12+. The Labute approximate surface area is 164 Å². The third kappa shape index (κ3) is 4.06. The van der Waals surface area contributed by atoms with E-state index in [9.17, 15) is 9.90 Å². The molecule has 1 aliphatic heterocycles. The number of aromatic nitrogens is 2. The van der Waals surface area contributed by atoms with E-state index in [1.54, 1.807) is 6.08 Å². The summed E-state index contributed by atoms with van der Waals surface area (Å²) in [6.07, 6.45) is 7.69. The summed E-state index contributed by atoms with van der Waals surface area (Å²) >= 11 is 0. The molecule has 1 fully saturated rings. The molecular weight excluding hydrogens is 350 g/mol. The Bertz CT molecular complexity index is 972. The van der Waals surface area contributed by atoms with Crippen molar-refractivity contribution in [1.82, 2.24) is 14.5 Å². The molecule has 1 atom stereocenters. The highest BCUT2D eigenvalue weighted by Crippen LogP contribution is 2.27. The van der Waals surface area contributed by atoms with Crippen LogP contribution in [0.3, 0.4) is 0 Å². The number of hydrogen-bond donors (Lipinski definition) is 1. The molecule has 1 unspecified atom stereocenters. The first kappa shape index (κ1) is 18.6. The highest BCUT2D eigenvalue weighted by molar-refractivity contribution is 5.99. The van der Waals surface area contributed by atoms with E-state index in [1.807, 2.05) is 59.2 Å². The molecule has 0 aliphatic carbocycles. The molecule has 0 amide bonds. The van der Waals surface area contributed by atoms with Crippen LogP contribution in [-0.4, -0.2) is 51.1 Å². The van der Waals surface area contributed by atoms with Gasteiger partial charge in [-0.15, -0.1) is 0 Å². The van der Waals surface area contributed by atoms with Crippen molar-refractivity contribution in [3.63, 3.8) is 0 Å². The van der Waals surface area contributed by atoms with Gasteiger partial charge >= 0.3 is 0 Å². The summed E-state index contributed by atoms with van der Waals surface area (Å²) in [5.41, 5.74) is 3.62. The predicted molar refractivity (Wildman–Crippen MR) is 111 cm³/mol. The van der Waals surface area contributed by atoms with Crippen LogP contribution in [0, 0.1) is 0 Å². The fourth-order valence-corrected chi connectivity index (χ4v) is 3.74. The third-order valence-corrected chi connectivity index (χ3v) is 5.25. The van der Waals surface area contributed by atoms with Crippen molar-refractivity contribution < 1.29 is 9.90 Å². The van der Waals surface area contributed by atoms with Crippen LogP contribution in [0.5, 0.6) is 0 Å². The first-order valence-corrected chi connectivity index (χ1v) is 9.87. The van der Waals surface area contributed by atoms with E-state index >= 15 is 0 Å². The molecule has 5 heteroatoms. The number of rotatable bonds is 6. The Balaban J connectivity index is 1.58. The molecule has 3 aromatic rings. The average molecular weight is 375 g/mol. The Kier molecular flexibility index (Phi) is 5.65. The second-order valence-electron chi connectivity index (χ2n) is 7.27. The number of hydrogen-bond acceptors (Lipinski definition) is 4. The Hall–Kier alpha value is -2.76. The maximum absolute atomic E-state index is 12.5. The Morgan fingerprint density at radius 1 is 1.07 bits per heavy atom. The van der Waals surface area contributed by atoms with Crippen molar-refractivity contribution in [2.45, 2.75) is 25.4 Å². The van der Waals surface area contributed by atoms with Crippen molar-refractivity contribution >= 4 is 17.4 Å². The van der Waals surface area contributed by atoms with Gasteiger partial charge in [0.1, 0.15) is 11.8 Å². The summed E-state index contributed by atoms with van der Waals surface area (Å²) in [6, 6.07) is 15.8. The van der Waals surface area contributed by atoms with E-state index in [-0.39, 0.29) is 5.78 Å². The van der Waals surface area contributed by atoms with Gasteiger partial charge in [0.2, 0.25) is 0 Å². The zero-order chi connectivity index (χ0) is 19.3. The van der Waals surface area contributed by atoms with Crippen LogP contribution in [-0.2, 0) is 4.79 Å². The van der Waals surface area contributed by atoms with Gasteiger partial charge in [0.25, 0.3) is 0 Å². The summed E-state index contributed by atoms with van der Waals surface area (Å²) in [5.74, 6) is -0.264. The van der Waals surface area contributed by atoms with Crippen molar-refractivity contribution in [1.29, 1.82) is 0 Å². The van der Waals surface area contributed by atoms with E-state index in [2.05, 4.69) is 10.00 Å². The normalized spacial score (nSPS) is 16.6. The lowest BCUT2D eigenvalue weighted by Crippen LogP contribution is -2.39. The lowest BCUT2D eigenvalue weighted by Gasteiger charge is -2.27. The molecule has 28 heavy (non-hydrogen) atoms. The fraction of sp³-hybridized carbons (Fsp3) is 0.304. The minimum Gasteiger partial charge on any atom is -0.384 e. The molecule has 1 aliphatic rings. The van der Waals surface area contributed by atoms with Gasteiger partial charge in [-0.3, -0.25) is 4.79 Å². The van der Waals surface area contributed by atoms with Crippen LogP contribution in [0.15, 0.2) is 60.8 Å². The van der Waals surface area contributed by atoms with Crippen LogP contribution < -0.4 is 0 Å². The monoisotopic (exact) mass is 375 g/mol. The molecule has 1 aromatic carbocycles. The molecule has 2 aromatic heterocycles. The van der Waals surface area contributed by atoms with Crippen molar-refractivity contribution in [3.8, 4) is 11.3 Å². The predicted octanol–water partition coefficient (Wildman–Crippen LogP) is 3.43. The first-order chi connectivity index (χ1) is 13.7. The fourth-order valence-electron chi connectivity index (χ4n) is 3.74. The maximum atomic E-state index is 12.5. The van der Waals surface area contributed by atoms with E-state index < -0.39 is 6.10 Å². The topological polar surface area (TPSA) is 57.8 Å². The van der Waals surface area contributed by atoms with Gasteiger partial charge in [0.05, 0.1) is 5.52 Å². The Morgan fingerprint density at radius 2 is 1.82 bits per heavy atom. The van der Waals surface area contributed by atoms with Crippen molar-refractivity contribution in [3.05, 3.63) is 66.4 Å². The van der Waals surface area contributed by atoms with Crippen LogP contribution in [0.4, 0.5) is 0 Å². The lowest BCUT2D eigenvalue weighted by atomic mass is 10.0. The molecule has 4 rings (SSSR count). The van der Waals surface area contributed by atoms with Gasteiger partial charge in [-0.05, 0) is 50.2 Å². The lowest BCUT2D eigenvalue weighted by molar-refractivity contribution is -0.123. The Morgan fingerprint density at radius 3 is 2.61 bits per heavy atom. The minimum atomic E-state index is -0.989. The number of carbonyl (C=O) groups is 1. The minimum absolute atomic E-state index is 0.264. The van der Waals surface area contributed by atoms with Gasteiger partial charge < -0.3 is 10.0 Å². The molecule has 0 saturated carbocycles. The molecule has 144 valence electrons. The van der Waals surface area contributed by atoms with E-state index in [4.69, 9.17) is 0 Å². The van der Waals surface area contributed by atoms with Gasteiger partial charge in [0, 0.05) is 23.9 Å². The number of aliphatic hydroxyl groups is 1. The molecule has 3 heterocycles. The number of β-amino-alcohol motifs (C(OH)–C–C–N with tert-alkyl or cyclic N) is 1. The van der Waals surface area contributed by atoms with E-state index in [0.29, 0.717) is 6.54 Å². The number of aliphatic hydroxyl groups excluding tert-OH is 1. The molecule has 0 spiro atoms. The number of fused-ring (bicyclic) bond motifs is 1. The maximum Gasteiger partial charge on any atom is 0.185 e. The third-order valence-electron chi connectivity index (χ3n) is 5.25. The molecule has 1 saturated heterocycles. The summed E-state index contributed by atoms with van der Waals surface area (Å²) in [5, 5.41) is 15.0. The second-order valence-corrected chi connectivity index (χ2v) is 7.27. The summed E-state index contributed by atoms with van der Waals surface area (Å²) in [6.45, 7) is 2.32. The summed E-state index contributed by atoms with van der Waals surface area (Å²) in [4.78, 5) is 14.7. The number of ketones is 1. The number of piperidine rings is 1. The average Bonchev–Trinajstić information content (AvgIpc) is 3.12. The van der Waals surface area contributed by atoms with E-state index in [1.165, 1.54) is 12.5 Å². The summed E-state index contributed by atoms with van der Waals surface area (Å²) in [7, 11) is 0. The number of likely N-dealkylation sites (tertiary alicyclic amines) is 1. The molecular formula is C23H25N3O2. The molecule has 0 radical (unpaired) electrons. The number of carbonyl (C=O) groups excluding carboxylic acids is 1. The van der Waals surface area contributed by atoms with Crippen LogP contribution in [0.25, 0.3) is 22.9 Å². The highest BCUT2D eigenvalue weighted by Gasteiger charge is 2.19. The van der Waals surface area contributed by atoms with Crippen LogP contribution >= 0.6 is 0 Å². The second kappa shape index (κ2) is 8.50. The van der Waals surface area contributed by atoms with Gasteiger partial charge in [-0.2, -0.15) is 5.10 Å². The van der Waals surface area contributed by atoms with E-state index in [0.717, 1.165) is 48.3 Å². The quantitative estimate of drug-likeness (QED) is 0.671. The van der Waals surface area contributed by atoms with Crippen LogP contribution in [0.2, 0.25) is 0 Å². The zero-order valence-corrected chi connectivity index (χ0v) is 15.9. The zero-order valence-electron chi connectivity index (χ0n) is 15.9. The van der Waals surface area contributed by atoms with Crippen molar-refractivity contribution in [2.24, 2.45) is 0 Å². The molecule has 1 N–H and O–H groups in total. The van der Waals surface area contributed by atoms with Gasteiger partial charge in [-0.25, -0.2) is 4.52 Å². The first-order valence-electron chi connectivity index (χ1n) is 9.87. The van der Waals surface area contributed by atoms with Gasteiger partial charge in [-0.1, -0.05) is 42.8 Å². The number of pyridine rings is 1. The number of benzene rings is 1. The van der Waals surface area contributed by atoms with Crippen LogP contribution in [0.1, 0.15) is 24.8 Å². The smallest absolute Gasteiger partial charge is 0.185 e. The molecule has 0 bridgehead atoms.